The highest BCUT2D eigenvalue weighted by Crippen LogP contribution is 2.31. The van der Waals surface area contributed by atoms with Crippen LogP contribution >= 0.6 is 11.6 Å². The maximum Gasteiger partial charge on any atom is 0.137 e. The van der Waals surface area contributed by atoms with E-state index >= 15 is 0 Å². The molecule has 0 radical (unpaired) electrons. The zero-order valence-electron chi connectivity index (χ0n) is 9.86. The average molecular weight is 257 g/mol. The van der Waals surface area contributed by atoms with Crippen molar-refractivity contribution in [2.45, 2.75) is 31.5 Å². The second-order valence-corrected chi connectivity index (χ2v) is 4.69. The number of rotatable bonds is 4. The molecule has 17 heavy (non-hydrogen) atoms. The first kappa shape index (κ1) is 12.7. The van der Waals surface area contributed by atoms with E-state index in [1.165, 1.54) is 0 Å². The lowest BCUT2D eigenvalue weighted by Crippen LogP contribution is -2.11. The standard InChI is InChI=1S/C13H17ClO3/c1-16-13-7-9(4-5-11(13)14)12(15)8-10-3-2-6-17-10/h4-5,7,10,12,15H,2-3,6,8H2,1H3. The number of aliphatic hydroxyl groups excluding tert-OH is 1. The minimum atomic E-state index is -0.524. The van der Waals surface area contributed by atoms with Crippen molar-refractivity contribution in [1.29, 1.82) is 0 Å². The molecule has 1 aliphatic rings. The fraction of sp³-hybridized carbons (Fsp3) is 0.538. The molecule has 0 aliphatic carbocycles. The first-order valence-electron chi connectivity index (χ1n) is 5.84. The first-order chi connectivity index (χ1) is 8.20. The third-order valence-electron chi connectivity index (χ3n) is 3.07. The molecule has 1 aromatic rings. The summed E-state index contributed by atoms with van der Waals surface area (Å²) < 4.78 is 10.6. The van der Waals surface area contributed by atoms with Gasteiger partial charge in [-0.25, -0.2) is 0 Å². The van der Waals surface area contributed by atoms with Gasteiger partial charge in [-0.05, 0) is 30.5 Å². The summed E-state index contributed by atoms with van der Waals surface area (Å²) in [5.41, 5.74) is 0.821. The number of ether oxygens (including phenoxy) is 2. The molecule has 1 N–H and O–H groups in total. The number of hydrogen-bond acceptors (Lipinski definition) is 3. The lowest BCUT2D eigenvalue weighted by atomic mass is 10.0. The highest BCUT2D eigenvalue weighted by Gasteiger charge is 2.21. The van der Waals surface area contributed by atoms with Crippen LogP contribution in [0.15, 0.2) is 18.2 Å². The van der Waals surface area contributed by atoms with Gasteiger partial charge in [0.05, 0.1) is 24.3 Å². The summed E-state index contributed by atoms with van der Waals surface area (Å²) in [7, 11) is 1.57. The molecular formula is C13H17ClO3. The average Bonchev–Trinajstić information content (AvgIpc) is 2.82. The van der Waals surface area contributed by atoms with Crippen molar-refractivity contribution in [1.82, 2.24) is 0 Å². The molecule has 1 heterocycles. The second-order valence-electron chi connectivity index (χ2n) is 4.28. The number of aliphatic hydroxyl groups is 1. The molecule has 3 nitrogen and oxygen atoms in total. The van der Waals surface area contributed by atoms with Gasteiger partial charge in [0.15, 0.2) is 0 Å². The van der Waals surface area contributed by atoms with Gasteiger partial charge in [0, 0.05) is 13.0 Å². The van der Waals surface area contributed by atoms with Crippen LogP contribution < -0.4 is 4.74 Å². The van der Waals surface area contributed by atoms with E-state index in [1.54, 1.807) is 19.2 Å². The molecule has 1 aromatic carbocycles. The summed E-state index contributed by atoms with van der Waals surface area (Å²) in [6.07, 6.45) is 2.39. The summed E-state index contributed by atoms with van der Waals surface area (Å²) in [6.45, 7) is 0.807. The SMILES string of the molecule is COc1cc(C(O)CC2CCCO2)ccc1Cl. The molecule has 2 unspecified atom stereocenters. The van der Waals surface area contributed by atoms with E-state index in [0.717, 1.165) is 25.0 Å². The molecule has 4 heteroatoms. The minimum absolute atomic E-state index is 0.173. The monoisotopic (exact) mass is 256 g/mol. The van der Waals surface area contributed by atoms with Crippen molar-refractivity contribution >= 4 is 11.6 Å². The van der Waals surface area contributed by atoms with E-state index in [-0.39, 0.29) is 6.10 Å². The highest BCUT2D eigenvalue weighted by molar-refractivity contribution is 6.32. The molecule has 0 bridgehead atoms. The van der Waals surface area contributed by atoms with Crippen molar-refractivity contribution in [3.63, 3.8) is 0 Å². The fourth-order valence-electron chi connectivity index (χ4n) is 2.10. The van der Waals surface area contributed by atoms with E-state index in [9.17, 15) is 5.11 Å². The van der Waals surface area contributed by atoms with Crippen LogP contribution in [0.2, 0.25) is 5.02 Å². The molecule has 1 fully saturated rings. The Kier molecular flexibility index (Phi) is 4.26. The van der Waals surface area contributed by atoms with E-state index in [4.69, 9.17) is 21.1 Å². The topological polar surface area (TPSA) is 38.7 Å². The summed E-state index contributed by atoms with van der Waals surface area (Å²) in [4.78, 5) is 0. The largest absolute Gasteiger partial charge is 0.495 e. The quantitative estimate of drug-likeness (QED) is 0.900. The Balaban J connectivity index is 2.04. The fourth-order valence-corrected chi connectivity index (χ4v) is 2.29. The zero-order valence-corrected chi connectivity index (χ0v) is 10.6. The highest BCUT2D eigenvalue weighted by atomic mass is 35.5. The van der Waals surface area contributed by atoms with Gasteiger partial charge in [-0.1, -0.05) is 17.7 Å². The van der Waals surface area contributed by atoms with Crippen LogP contribution in [0.25, 0.3) is 0 Å². The molecule has 1 aliphatic heterocycles. The molecule has 94 valence electrons. The smallest absolute Gasteiger partial charge is 0.137 e. The Hall–Kier alpha value is -0.770. The van der Waals surface area contributed by atoms with E-state index in [0.29, 0.717) is 17.2 Å². The van der Waals surface area contributed by atoms with Gasteiger partial charge in [-0.15, -0.1) is 0 Å². The van der Waals surface area contributed by atoms with Gasteiger partial charge in [0.25, 0.3) is 0 Å². The summed E-state index contributed by atoms with van der Waals surface area (Å²) in [5.74, 6) is 0.593. The predicted octanol–water partition coefficient (Wildman–Crippen LogP) is 2.95. The van der Waals surface area contributed by atoms with Crippen LogP contribution in [-0.4, -0.2) is 24.9 Å². The lowest BCUT2D eigenvalue weighted by Gasteiger charge is -2.16. The normalized spacial score (nSPS) is 21.5. The van der Waals surface area contributed by atoms with Crippen molar-refractivity contribution in [2.24, 2.45) is 0 Å². The third kappa shape index (κ3) is 3.12. The van der Waals surface area contributed by atoms with Crippen molar-refractivity contribution in [2.75, 3.05) is 13.7 Å². The van der Waals surface area contributed by atoms with E-state index in [1.807, 2.05) is 6.07 Å². The van der Waals surface area contributed by atoms with Crippen LogP contribution in [0, 0.1) is 0 Å². The predicted molar refractivity (Wildman–Crippen MR) is 66.6 cm³/mol. The van der Waals surface area contributed by atoms with Crippen molar-refractivity contribution in [3.05, 3.63) is 28.8 Å². The molecule has 0 spiro atoms. The van der Waals surface area contributed by atoms with Crippen molar-refractivity contribution < 1.29 is 14.6 Å². The summed E-state index contributed by atoms with van der Waals surface area (Å²) in [6, 6.07) is 5.35. The Bertz CT molecular complexity index is 375. The molecule has 0 saturated carbocycles. The molecular weight excluding hydrogens is 240 g/mol. The summed E-state index contributed by atoms with van der Waals surface area (Å²) in [5, 5.41) is 10.7. The Morgan fingerprint density at radius 2 is 2.41 bits per heavy atom. The molecule has 2 rings (SSSR count). The zero-order chi connectivity index (χ0) is 12.3. The van der Waals surface area contributed by atoms with Gasteiger partial charge in [0.1, 0.15) is 5.75 Å². The maximum atomic E-state index is 10.1. The Labute approximate surface area is 106 Å². The Morgan fingerprint density at radius 1 is 1.59 bits per heavy atom. The van der Waals surface area contributed by atoms with Gasteiger partial charge < -0.3 is 14.6 Å². The molecule has 0 aromatic heterocycles. The Morgan fingerprint density at radius 3 is 3.06 bits per heavy atom. The lowest BCUT2D eigenvalue weighted by molar-refractivity contribution is 0.0534. The van der Waals surface area contributed by atoms with Crippen LogP contribution in [0.4, 0.5) is 0 Å². The maximum absolute atomic E-state index is 10.1. The number of halogens is 1. The molecule has 1 saturated heterocycles. The van der Waals surface area contributed by atoms with Gasteiger partial charge in [-0.2, -0.15) is 0 Å². The minimum Gasteiger partial charge on any atom is -0.495 e. The first-order valence-corrected chi connectivity index (χ1v) is 6.21. The van der Waals surface area contributed by atoms with Gasteiger partial charge >= 0.3 is 0 Å². The van der Waals surface area contributed by atoms with Crippen LogP contribution in [0.1, 0.15) is 30.9 Å². The molecule has 0 amide bonds. The number of methoxy groups -OCH3 is 1. The van der Waals surface area contributed by atoms with Crippen molar-refractivity contribution in [3.8, 4) is 5.75 Å². The van der Waals surface area contributed by atoms with Gasteiger partial charge in [0.2, 0.25) is 0 Å². The van der Waals surface area contributed by atoms with E-state index in [2.05, 4.69) is 0 Å². The molecule has 2 atom stereocenters. The van der Waals surface area contributed by atoms with Crippen LogP contribution in [0.5, 0.6) is 5.75 Å². The number of hydrogen-bond donors (Lipinski definition) is 1. The van der Waals surface area contributed by atoms with Gasteiger partial charge in [-0.3, -0.25) is 0 Å². The second kappa shape index (κ2) is 5.71. The third-order valence-corrected chi connectivity index (χ3v) is 3.38. The van der Waals surface area contributed by atoms with Crippen LogP contribution in [0.3, 0.4) is 0 Å². The van der Waals surface area contributed by atoms with E-state index < -0.39 is 6.10 Å². The number of benzene rings is 1. The summed E-state index contributed by atoms with van der Waals surface area (Å²) >= 11 is 5.94. The van der Waals surface area contributed by atoms with Crippen LogP contribution in [-0.2, 0) is 4.74 Å².